The highest BCUT2D eigenvalue weighted by Gasteiger charge is 2.38. The van der Waals surface area contributed by atoms with Gasteiger partial charge in [0.05, 0.1) is 5.92 Å². The highest BCUT2D eigenvalue weighted by molar-refractivity contribution is 5.71. The summed E-state index contributed by atoms with van der Waals surface area (Å²) in [5, 5.41) is 9.57. The summed E-state index contributed by atoms with van der Waals surface area (Å²) in [6, 6.07) is 10.8. The van der Waals surface area contributed by atoms with Crippen LogP contribution < -0.4 is 0 Å². The summed E-state index contributed by atoms with van der Waals surface area (Å²) < 4.78 is 0. The molecule has 0 spiro atoms. The number of hydrogen-bond donors (Lipinski definition) is 1. The molecule has 2 fully saturated rings. The molecule has 1 aromatic rings. The van der Waals surface area contributed by atoms with Gasteiger partial charge in [0, 0.05) is 6.04 Å². The number of benzene rings is 1. The molecule has 3 rings (SSSR count). The summed E-state index contributed by atoms with van der Waals surface area (Å²) in [4.78, 5) is 14.1. The second kappa shape index (κ2) is 6.61. The van der Waals surface area contributed by atoms with Crippen LogP contribution in [0, 0.1) is 5.92 Å². The molecule has 1 aliphatic carbocycles. The molecular weight excluding hydrogens is 262 g/mol. The van der Waals surface area contributed by atoms with Crippen molar-refractivity contribution in [1.82, 2.24) is 4.90 Å². The van der Waals surface area contributed by atoms with E-state index in [1.807, 2.05) is 0 Å². The van der Waals surface area contributed by atoms with Crippen molar-refractivity contribution in [2.24, 2.45) is 5.92 Å². The average Bonchev–Trinajstić information content (AvgIpc) is 2.56. The predicted molar refractivity (Wildman–Crippen MR) is 83.4 cm³/mol. The van der Waals surface area contributed by atoms with Gasteiger partial charge in [0.1, 0.15) is 0 Å². The van der Waals surface area contributed by atoms with Gasteiger partial charge < -0.3 is 5.11 Å². The molecule has 1 saturated heterocycles. The van der Waals surface area contributed by atoms with Crippen molar-refractivity contribution in [2.45, 2.75) is 50.5 Å². The van der Waals surface area contributed by atoms with Crippen molar-refractivity contribution in [1.29, 1.82) is 0 Å². The summed E-state index contributed by atoms with van der Waals surface area (Å²) >= 11 is 0. The number of nitrogens with zero attached hydrogens (tertiary/aromatic N) is 1. The van der Waals surface area contributed by atoms with Gasteiger partial charge in [-0.05, 0) is 56.7 Å². The zero-order valence-electron chi connectivity index (χ0n) is 12.6. The van der Waals surface area contributed by atoms with Gasteiger partial charge in [0.2, 0.25) is 0 Å². The maximum Gasteiger partial charge on any atom is 0.308 e. The molecule has 0 amide bonds. The monoisotopic (exact) mass is 287 g/mol. The van der Waals surface area contributed by atoms with Crippen LogP contribution in [-0.2, 0) is 4.79 Å². The molecular formula is C18H25NO2. The summed E-state index contributed by atoms with van der Waals surface area (Å²) in [6.07, 6.45) is 6.56. The fraction of sp³-hybridized carbons (Fsp3) is 0.611. The standard InChI is InChI=1S/C18H25NO2/c20-18(21)16-10-9-15(14-7-3-1-4-8-14)13-17(16)19-11-5-2-6-12-19/h1,3-4,7-8,15-17H,2,5-6,9-13H2,(H,20,21). The van der Waals surface area contributed by atoms with Crippen LogP contribution in [0.2, 0.25) is 0 Å². The lowest BCUT2D eigenvalue weighted by Crippen LogP contribution is -2.48. The Hall–Kier alpha value is -1.35. The molecule has 1 aromatic carbocycles. The number of carbonyl (C=O) groups is 1. The zero-order chi connectivity index (χ0) is 14.7. The summed E-state index contributed by atoms with van der Waals surface area (Å²) in [6.45, 7) is 2.16. The second-order valence-corrected chi connectivity index (χ2v) is 6.53. The number of aliphatic carboxylic acids is 1. The van der Waals surface area contributed by atoms with E-state index in [0.29, 0.717) is 5.92 Å². The van der Waals surface area contributed by atoms with Crippen LogP contribution in [0.15, 0.2) is 30.3 Å². The summed E-state index contributed by atoms with van der Waals surface area (Å²) in [7, 11) is 0. The van der Waals surface area contributed by atoms with Gasteiger partial charge in [-0.2, -0.15) is 0 Å². The minimum atomic E-state index is -0.600. The van der Waals surface area contributed by atoms with E-state index in [1.54, 1.807) is 0 Å². The molecule has 1 aliphatic heterocycles. The van der Waals surface area contributed by atoms with E-state index >= 15 is 0 Å². The van der Waals surface area contributed by atoms with Crippen LogP contribution in [0.5, 0.6) is 0 Å². The topological polar surface area (TPSA) is 40.5 Å². The van der Waals surface area contributed by atoms with Crippen LogP contribution in [-0.4, -0.2) is 35.1 Å². The van der Waals surface area contributed by atoms with E-state index in [9.17, 15) is 9.90 Å². The molecule has 0 radical (unpaired) electrons. The third-order valence-corrected chi connectivity index (χ3v) is 5.26. The van der Waals surface area contributed by atoms with Crippen LogP contribution in [0.3, 0.4) is 0 Å². The minimum absolute atomic E-state index is 0.178. The molecule has 3 heteroatoms. The van der Waals surface area contributed by atoms with Crippen molar-refractivity contribution in [3.8, 4) is 0 Å². The van der Waals surface area contributed by atoms with Crippen LogP contribution in [0.4, 0.5) is 0 Å². The Bertz CT molecular complexity index is 467. The molecule has 114 valence electrons. The number of likely N-dealkylation sites (tertiary alicyclic amines) is 1. The lowest BCUT2D eigenvalue weighted by atomic mass is 9.74. The van der Waals surface area contributed by atoms with E-state index in [0.717, 1.165) is 32.4 Å². The van der Waals surface area contributed by atoms with Crippen molar-refractivity contribution in [3.63, 3.8) is 0 Å². The van der Waals surface area contributed by atoms with Crippen molar-refractivity contribution < 1.29 is 9.90 Å². The van der Waals surface area contributed by atoms with Gasteiger partial charge in [-0.3, -0.25) is 9.69 Å². The van der Waals surface area contributed by atoms with Crippen LogP contribution >= 0.6 is 0 Å². The molecule has 2 aliphatic rings. The summed E-state index contributed by atoms with van der Waals surface area (Å²) in [5.41, 5.74) is 1.38. The lowest BCUT2D eigenvalue weighted by Gasteiger charge is -2.42. The van der Waals surface area contributed by atoms with Gasteiger partial charge >= 0.3 is 5.97 Å². The van der Waals surface area contributed by atoms with Crippen LogP contribution in [0.25, 0.3) is 0 Å². The second-order valence-electron chi connectivity index (χ2n) is 6.53. The maximum atomic E-state index is 11.6. The Labute approximate surface area is 127 Å². The van der Waals surface area contributed by atoms with Gasteiger partial charge in [-0.25, -0.2) is 0 Å². The minimum Gasteiger partial charge on any atom is -0.481 e. The Kier molecular flexibility index (Phi) is 4.59. The predicted octanol–water partition coefficient (Wildman–Crippen LogP) is 3.51. The first-order chi connectivity index (χ1) is 10.3. The number of hydrogen-bond acceptors (Lipinski definition) is 2. The molecule has 3 unspecified atom stereocenters. The highest BCUT2D eigenvalue weighted by Crippen LogP contribution is 2.39. The van der Waals surface area contributed by atoms with E-state index in [4.69, 9.17) is 0 Å². The maximum absolute atomic E-state index is 11.6. The van der Waals surface area contributed by atoms with Crippen molar-refractivity contribution in [2.75, 3.05) is 13.1 Å². The quantitative estimate of drug-likeness (QED) is 0.925. The Morgan fingerprint density at radius 1 is 1.05 bits per heavy atom. The number of carboxylic acids is 1. The largest absolute Gasteiger partial charge is 0.481 e. The average molecular weight is 287 g/mol. The van der Waals surface area contributed by atoms with Gasteiger partial charge in [0.25, 0.3) is 0 Å². The van der Waals surface area contributed by atoms with Crippen molar-refractivity contribution in [3.05, 3.63) is 35.9 Å². The molecule has 0 bridgehead atoms. The zero-order valence-corrected chi connectivity index (χ0v) is 12.6. The fourth-order valence-electron chi connectivity index (χ4n) is 4.12. The molecule has 1 N–H and O–H groups in total. The SMILES string of the molecule is O=C(O)C1CCC(c2ccccc2)CC1N1CCCCC1. The first-order valence-electron chi connectivity index (χ1n) is 8.27. The Balaban J connectivity index is 1.76. The van der Waals surface area contributed by atoms with E-state index in [1.165, 1.54) is 24.8 Å². The first-order valence-corrected chi connectivity index (χ1v) is 8.27. The van der Waals surface area contributed by atoms with Gasteiger partial charge in [-0.1, -0.05) is 36.8 Å². The van der Waals surface area contributed by atoms with Gasteiger partial charge in [-0.15, -0.1) is 0 Å². The number of piperidine rings is 1. The van der Waals surface area contributed by atoms with E-state index in [2.05, 4.69) is 35.2 Å². The van der Waals surface area contributed by atoms with Gasteiger partial charge in [0.15, 0.2) is 0 Å². The summed E-state index contributed by atoms with van der Waals surface area (Å²) in [5.74, 6) is -0.256. The Morgan fingerprint density at radius 2 is 1.76 bits per heavy atom. The molecule has 0 aromatic heterocycles. The molecule has 1 saturated carbocycles. The molecule has 3 nitrogen and oxygen atoms in total. The fourth-order valence-corrected chi connectivity index (χ4v) is 4.12. The highest BCUT2D eigenvalue weighted by atomic mass is 16.4. The normalized spacial score (nSPS) is 31.0. The third kappa shape index (κ3) is 3.29. The van der Waals surface area contributed by atoms with Crippen molar-refractivity contribution >= 4 is 5.97 Å². The molecule has 1 heterocycles. The number of carboxylic acid groups (broad SMARTS) is 1. The first kappa shape index (κ1) is 14.6. The van der Waals surface area contributed by atoms with E-state index < -0.39 is 5.97 Å². The van der Waals surface area contributed by atoms with E-state index in [-0.39, 0.29) is 12.0 Å². The molecule has 21 heavy (non-hydrogen) atoms. The van der Waals surface area contributed by atoms with Crippen LogP contribution in [0.1, 0.15) is 50.0 Å². The Morgan fingerprint density at radius 3 is 2.43 bits per heavy atom. The number of rotatable bonds is 3. The smallest absolute Gasteiger partial charge is 0.308 e. The molecule has 3 atom stereocenters. The third-order valence-electron chi connectivity index (χ3n) is 5.26. The lowest BCUT2D eigenvalue weighted by molar-refractivity contribution is -0.146.